The lowest BCUT2D eigenvalue weighted by Crippen LogP contribution is -2.44. The molecule has 0 bridgehead atoms. The van der Waals surface area contributed by atoms with E-state index in [1.807, 2.05) is 4.90 Å². The zero-order valence-corrected chi connectivity index (χ0v) is 19.1. The first-order valence-electron chi connectivity index (χ1n) is 10.3. The third kappa shape index (κ3) is 6.09. The van der Waals surface area contributed by atoms with Crippen LogP contribution in [0.25, 0.3) is 0 Å². The monoisotopic (exact) mass is 463 g/mol. The maximum absolute atomic E-state index is 12.9. The molecule has 11 heteroatoms. The van der Waals surface area contributed by atoms with Crippen molar-refractivity contribution in [3.8, 4) is 5.75 Å². The topological polar surface area (TPSA) is 122 Å². The van der Waals surface area contributed by atoms with E-state index < -0.39 is 10.0 Å². The third-order valence-electron chi connectivity index (χ3n) is 4.96. The molecule has 2 heterocycles. The molecule has 2 aromatic rings. The summed E-state index contributed by atoms with van der Waals surface area (Å²) in [6.45, 7) is 3.94. The van der Waals surface area contributed by atoms with Gasteiger partial charge in [0.2, 0.25) is 0 Å². The molecule has 0 aliphatic carbocycles. The van der Waals surface area contributed by atoms with Crippen LogP contribution in [0.5, 0.6) is 5.75 Å². The second-order valence-corrected chi connectivity index (χ2v) is 8.90. The van der Waals surface area contributed by atoms with E-state index in [4.69, 9.17) is 9.47 Å². The molecule has 1 aliphatic rings. The van der Waals surface area contributed by atoms with Gasteiger partial charge in [0, 0.05) is 46.4 Å². The molecule has 1 aliphatic heterocycles. The number of amides is 1. The van der Waals surface area contributed by atoms with Gasteiger partial charge in [0.1, 0.15) is 11.6 Å². The predicted molar refractivity (Wildman–Crippen MR) is 122 cm³/mol. The van der Waals surface area contributed by atoms with E-state index in [9.17, 15) is 13.2 Å². The molecule has 1 amide bonds. The molecular weight excluding hydrogens is 434 g/mol. The van der Waals surface area contributed by atoms with E-state index >= 15 is 0 Å². The Kier molecular flexibility index (Phi) is 8.26. The van der Waals surface area contributed by atoms with Gasteiger partial charge in [-0.25, -0.2) is 13.4 Å². The fraction of sp³-hybridized carbons (Fsp3) is 0.429. The molecule has 1 aromatic carbocycles. The minimum absolute atomic E-state index is 0.0787. The van der Waals surface area contributed by atoms with Crippen molar-refractivity contribution in [2.75, 3.05) is 63.2 Å². The lowest BCUT2D eigenvalue weighted by molar-refractivity contribution is 0.0948. The zero-order chi connectivity index (χ0) is 23.0. The average Bonchev–Trinajstić information content (AvgIpc) is 2.82. The molecule has 0 unspecified atom stereocenters. The Morgan fingerprint density at radius 1 is 1.19 bits per heavy atom. The van der Waals surface area contributed by atoms with Gasteiger partial charge in [-0.15, -0.1) is 0 Å². The number of sulfonamides is 1. The summed E-state index contributed by atoms with van der Waals surface area (Å²) in [5.41, 5.74) is 0.529. The molecular formula is C21H29N5O5S. The number of aromatic nitrogens is 1. The van der Waals surface area contributed by atoms with Crippen molar-refractivity contribution < 1.29 is 22.7 Å². The summed E-state index contributed by atoms with van der Waals surface area (Å²) >= 11 is 0. The number of carbonyl (C=O) groups excluding carboxylic acids is 1. The smallest absolute Gasteiger partial charge is 0.261 e. The van der Waals surface area contributed by atoms with Crippen molar-refractivity contribution in [1.82, 2.24) is 15.6 Å². The number of methoxy groups -OCH3 is 2. The highest BCUT2D eigenvalue weighted by atomic mass is 32.2. The Hall–Kier alpha value is -2.89. The van der Waals surface area contributed by atoms with E-state index in [-0.39, 0.29) is 16.5 Å². The summed E-state index contributed by atoms with van der Waals surface area (Å²) in [4.78, 5) is 19.4. The average molecular weight is 464 g/mol. The Bertz CT molecular complexity index is 1010. The molecule has 0 atom stereocenters. The molecule has 0 radical (unpaired) electrons. The van der Waals surface area contributed by atoms with E-state index in [0.29, 0.717) is 49.8 Å². The van der Waals surface area contributed by atoms with Crippen molar-refractivity contribution in [3.63, 3.8) is 0 Å². The lowest BCUT2D eigenvalue weighted by Gasteiger charge is -2.30. The van der Waals surface area contributed by atoms with Gasteiger partial charge in [-0.3, -0.25) is 9.52 Å². The molecule has 32 heavy (non-hydrogen) atoms. The van der Waals surface area contributed by atoms with Crippen LogP contribution in [0.3, 0.4) is 0 Å². The van der Waals surface area contributed by atoms with Crippen LogP contribution in [0.15, 0.2) is 41.4 Å². The summed E-state index contributed by atoms with van der Waals surface area (Å²) < 4.78 is 38.2. The number of ether oxygens (including phenoxy) is 2. The molecule has 0 spiro atoms. The van der Waals surface area contributed by atoms with Crippen LogP contribution < -0.4 is 25.0 Å². The number of benzene rings is 1. The number of carbonyl (C=O) groups is 1. The minimum Gasteiger partial charge on any atom is -0.497 e. The Morgan fingerprint density at radius 3 is 2.56 bits per heavy atom. The summed E-state index contributed by atoms with van der Waals surface area (Å²) in [7, 11) is -0.747. The number of anilines is 2. The maximum Gasteiger partial charge on any atom is 0.261 e. The van der Waals surface area contributed by atoms with E-state index in [0.717, 1.165) is 13.1 Å². The van der Waals surface area contributed by atoms with Gasteiger partial charge in [-0.05, 0) is 36.8 Å². The van der Waals surface area contributed by atoms with Gasteiger partial charge in [-0.2, -0.15) is 0 Å². The van der Waals surface area contributed by atoms with Crippen molar-refractivity contribution in [2.45, 2.75) is 11.3 Å². The Morgan fingerprint density at radius 2 is 1.91 bits per heavy atom. The first-order chi connectivity index (χ1) is 15.4. The SMILES string of the molecule is COCCCNC(=O)c1cc(NS(=O)(=O)c2ccc(OC)cc2)cnc1N1CCNCC1. The van der Waals surface area contributed by atoms with Crippen molar-refractivity contribution in [2.24, 2.45) is 0 Å². The Labute approximate surface area is 188 Å². The number of nitrogens with one attached hydrogen (secondary N) is 3. The van der Waals surface area contributed by atoms with Crippen LogP contribution in [-0.4, -0.2) is 72.9 Å². The number of hydrogen-bond donors (Lipinski definition) is 3. The van der Waals surface area contributed by atoms with Gasteiger partial charge in [0.25, 0.3) is 15.9 Å². The highest BCUT2D eigenvalue weighted by Crippen LogP contribution is 2.24. The maximum atomic E-state index is 12.9. The van der Waals surface area contributed by atoms with Crippen molar-refractivity contribution in [1.29, 1.82) is 0 Å². The van der Waals surface area contributed by atoms with Crippen LogP contribution in [0, 0.1) is 0 Å². The highest BCUT2D eigenvalue weighted by molar-refractivity contribution is 7.92. The van der Waals surface area contributed by atoms with Gasteiger partial charge in [0.15, 0.2) is 0 Å². The fourth-order valence-corrected chi connectivity index (χ4v) is 4.33. The van der Waals surface area contributed by atoms with Gasteiger partial charge >= 0.3 is 0 Å². The standard InChI is InChI=1S/C21H29N5O5S/c1-30-13-3-8-23-21(27)19-14-16(15-24-20(19)26-11-9-22-10-12-26)25-32(28,29)18-6-4-17(31-2)5-7-18/h4-7,14-15,22,25H,3,8-13H2,1-2H3,(H,23,27). The van der Waals surface area contributed by atoms with E-state index in [1.165, 1.54) is 31.5 Å². The van der Waals surface area contributed by atoms with Gasteiger partial charge < -0.3 is 25.0 Å². The van der Waals surface area contributed by atoms with Gasteiger partial charge in [0.05, 0.1) is 29.5 Å². The summed E-state index contributed by atoms with van der Waals surface area (Å²) in [6.07, 6.45) is 2.10. The minimum atomic E-state index is -3.86. The highest BCUT2D eigenvalue weighted by Gasteiger charge is 2.22. The number of pyridine rings is 1. The second kappa shape index (κ2) is 11.1. The van der Waals surface area contributed by atoms with Crippen LogP contribution in [0.2, 0.25) is 0 Å². The summed E-state index contributed by atoms with van der Waals surface area (Å²) in [5, 5.41) is 6.12. The third-order valence-corrected chi connectivity index (χ3v) is 6.36. The molecule has 1 aromatic heterocycles. The molecule has 1 saturated heterocycles. The second-order valence-electron chi connectivity index (χ2n) is 7.22. The van der Waals surface area contributed by atoms with Crippen molar-refractivity contribution in [3.05, 3.63) is 42.1 Å². The number of rotatable bonds is 10. The zero-order valence-electron chi connectivity index (χ0n) is 18.3. The number of nitrogens with zero attached hydrogens (tertiary/aromatic N) is 2. The first-order valence-corrected chi connectivity index (χ1v) is 11.8. The van der Waals surface area contributed by atoms with Crippen LogP contribution >= 0.6 is 0 Å². The predicted octanol–water partition coefficient (Wildman–Crippen LogP) is 1.07. The number of piperazine rings is 1. The molecule has 174 valence electrons. The number of hydrogen-bond acceptors (Lipinski definition) is 8. The lowest BCUT2D eigenvalue weighted by atomic mass is 10.2. The quantitative estimate of drug-likeness (QED) is 0.447. The van der Waals surface area contributed by atoms with Crippen LogP contribution in [-0.2, 0) is 14.8 Å². The summed E-state index contributed by atoms with van der Waals surface area (Å²) in [6, 6.07) is 7.57. The van der Waals surface area contributed by atoms with E-state index in [2.05, 4.69) is 20.3 Å². The molecule has 10 nitrogen and oxygen atoms in total. The first kappa shape index (κ1) is 23.8. The largest absolute Gasteiger partial charge is 0.497 e. The molecule has 3 N–H and O–H groups in total. The normalized spacial score (nSPS) is 14.1. The molecule has 3 rings (SSSR count). The Balaban J connectivity index is 1.85. The van der Waals surface area contributed by atoms with E-state index in [1.54, 1.807) is 19.2 Å². The van der Waals surface area contributed by atoms with Crippen LogP contribution in [0.4, 0.5) is 11.5 Å². The van der Waals surface area contributed by atoms with Crippen LogP contribution in [0.1, 0.15) is 16.8 Å². The molecule has 0 saturated carbocycles. The van der Waals surface area contributed by atoms with Crippen molar-refractivity contribution >= 4 is 27.4 Å². The van der Waals surface area contributed by atoms with Gasteiger partial charge in [-0.1, -0.05) is 0 Å². The summed E-state index contributed by atoms with van der Waals surface area (Å²) in [5.74, 6) is 0.772. The fourth-order valence-electron chi connectivity index (χ4n) is 3.29. The molecule has 1 fully saturated rings.